The number of rotatable bonds is 5. The van der Waals surface area contributed by atoms with Gasteiger partial charge in [-0.2, -0.15) is 0 Å². The number of hydrogen-bond acceptors (Lipinski definition) is 3. The minimum absolute atomic E-state index is 0.268. The first-order valence-electron chi connectivity index (χ1n) is 5.50. The van der Waals surface area contributed by atoms with E-state index in [1.807, 2.05) is 0 Å². The lowest BCUT2D eigenvalue weighted by atomic mass is 10.2. The summed E-state index contributed by atoms with van der Waals surface area (Å²) in [7, 11) is 0. The highest BCUT2D eigenvalue weighted by Crippen LogP contribution is 2.08. The Hall–Kier alpha value is -1.49. The van der Waals surface area contributed by atoms with Crippen LogP contribution in [-0.4, -0.2) is 21.1 Å². The molecule has 0 fully saturated rings. The number of nitrogens with zero attached hydrogens (tertiary/aromatic N) is 3. The number of unbranched alkanes of at least 4 members (excludes halogenated alkanes) is 2. The smallest absolute Gasteiger partial charge is 0.160 e. The molecule has 0 aromatic carbocycles. The second-order valence-electron chi connectivity index (χ2n) is 3.79. The number of hydrogen-bond donors (Lipinski definition) is 1. The van der Waals surface area contributed by atoms with Crippen LogP contribution in [0.2, 0.25) is 0 Å². The molecule has 0 atom stereocenters. The van der Waals surface area contributed by atoms with E-state index in [-0.39, 0.29) is 5.82 Å². The third kappa shape index (κ3) is 2.36. The Balaban J connectivity index is 2.09. The largest absolute Gasteiger partial charge is 0.330 e. The minimum atomic E-state index is -0.268. The van der Waals surface area contributed by atoms with Gasteiger partial charge in [0.15, 0.2) is 5.65 Å². The van der Waals surface area contributed by atoms with E-state index in [9.17, 15) is 4.39 Å². The SMILES string of the molecule is NCCCCCc1nnc2ccc(F)cn12. The van der Waals surface area contributed by atoms with Crippen LogP contribution in [0.4, 0.5) is 4.39 Å². The fourth-order valence-corrected chi connectivity index (χ4v) is 1.69. The Kier molecular flexibility index (Phi) is 3.46. The summed E-state index contributed by atoms with van der Waals surface area (Å²) >= 11 is 0. The van der Waals surface area contributed by atoms with Crippen LogP contribution in [-0.2, 0) is 6.42 Å². The van der Waals surface area contributed by atoms with Gasteiger partial charge in [0, 0.05) is 12.6 Å². The van der Waals surface area contributed by atoms with Crippen molar-refractivity contribution in [2.75, 3.05) is 6.54 Å². The molecule has 0 saturated heterocycles. The number of pyridine rings is 1. The topological polar surface area (TPSA) is 56.2 Å². The van der Waals surface area contributed by atoms with Gasteiger partial charge in [-0.15, -0.1) is 10.2 Å². The average molecular weight is 222 g/mol. The van der Waals surface area contributed by atoms with Gasteiger partial charge in [-0.25, -0.2) is 4.39 Å². The molecule has 0 bridgehead atoms. The van der Waals surface area contributed by atoms with E-state index in [0.717, 1.165) is 38.1 Å². The maximum absolute atomic E-state index is 13.0. The Morgan fingerprint density at radius 2 is 2.06 bits per heavy atom. The van der Waals surface area contributed by atoms with Gasteiger partial charge in [0.2, 0.25) is 0 Å². The van der Waals surface area contributed by atoms with E-state index in [0.29, 0.717) is 5.65 Å². The number of nitrogens with two attached hydrogens (primary N) is 1. The normalized spacial score (nSPS) is 11.1. The van der Waals surface area contributed by atoms with Crippen LogP contribution < -0.4 is 5.73 Å². The average Bonchev–Trinajstić information content (AvgIpc) is 2.67. The Labute approximate surface area is 93.3 Å². The maximum Gasteiger partial charge on any atom is 0.160 e. The van der Waals surface area contributed by atoms with Crippen molar-refractivity contribution in [1.29, 1.82) is 0 Å². The zero-order chi connectivity index (χ0) is 11.4. The molecule has 0 radical (unpaired) electrons. The molecule has 0 saturated carbocycles. The fourth-order valence-electron chi connectivity index (χ4n) is 1.69. The highest BCUT2D eigenvalue weighted by Gasteiger charge is 2.05. The second-order valence-corrected chi connectivity index (χ2v) is 3.79. The predicted molar refractivity (Wildman–Crippen MR) is 59.6 cm³/mol. The molecule has 2 N–H and O–H groups in total. The van der Waals surface area contributed by atoms with Gasteiger partial charge in [0.25, 0.3) is 0 Å². The third-order valence-corrected chi connectivity index (χ3v) is 2.54. The summed E-state index contributed by atoms with van der Waals surface area (Å²) in [5.74, 6) is 0.544. The Bertz CT molecular complexity index is 466. The fraction of sp³-hybridized carbons (Fsp3) is 0.455. The molecule has 0 unspecified atom stereocenters. The minimum Gasteiger partial charge on any atom is -0.330 e. The molecule has 2 rings (SSSR count). The van der Waals surface area contributed by atoms with Crippen molar-refractivity contribution < 1.29 is 4.39 Å². The van der Waals surface area contributed by atoms with Crippen molar-refractivity contribution in [3.8, 4) is 0 Å². The van der Waals surface area contributed by atoms with Crippen LogP contribution in [0, 0.1) is 5.82 Å². The van der Waals surface area contributed by atoms with E-state index >= 15 is 0 Å². The van der Waals surface area contributed by atoms with Crippen molar-refractivity contribution in [2.24, 2.45) is 5.73 Å². The lowest BCUT2D eigenvalue weighted by Gasteiger charge is -1.99. The standard InChI is InChI=1S/C11H15FN4/c12-9-5-6-11-15-14-10(16(11)8-9)4-2-1-3-7-13/h5-6,8H,1-4,7,13H2. The van der Waals surface area contributed by atoms with Gasteiger partial charge in [-0.05, 0) is 31.5 Å². The van der Waals surface area contributed by atoms with Crippen LogP contribution in [0.1, 0.15) is 25.1 Å². The molecular weight excluding hydrogens is 207 g/mol. The van der Waals surface area contributed by atoms with Gasteiger partial charge in [0.1, 0.15) is 11.6 Å². The molecule has 16 heavy (non-hydrogen) atoms. The summed E-state index contributed by atoms with van der Waals surface area (Å²) in [4.78, 5) is 0. The van der Waals surface area contributed by atoms with Gasteiger partial charge in [0.05, 0.1) is 0 Å². The molecule has 0 spiro atoms. The van der Waals surface area contributed by atoms with Crippen LogP contribution in [0.3, 0.4) is 0 Å². The highest BCUT2D eigenvalue weighted by atomic mass is 19.1. The number of fused-ring (bicyclic) bond motifs is 1. The molecule has 2 aromatic heterocycles. The summed E-state index contributed by atoms with van der Waals surface area (Å²) in [5, 5.41) is 8.03. The monoisotopic (exact) mass is 222 g/mol. The molecule has 5 heteroatoms. The van der Waals surface area contributed by atoms with E-state index in [1.54, 1.807) is 10.5 Å². The summed E-state index contributed by atoms with van der Waals surface area (Å²) in [5.41, 5.74) is 6.11. The van der Waals surface area contributed by atoms with E-state index < -0.39 is 0 Å². The van der Waals surface area contributed by atoms with E-state index in [2.05, 4.69) is 10.2 Å². The van der Waals surface area contributed by atoms with Crippen molar-refractivity contribution >= 4 is 5.65 Å². The second kappa shape index (κ2) is 5.03. The van der Waals surface area contributed by atoms with Crippen molar-refractivity contribution in [3.05, 3.63) is 30.0 Å². The highest BCUT2D eigenvalue weighted by molar-refractivity contribution is 5.37. The number of halogens is 1. The van der Waals surface area contributed by atoms with Crippen molar-refractivity contribution in [2.45, 2.75) is 25.7 Å². The quantitative estimate of drug-likeness (QED) is 0.781. The Morgan fingerprint density at radius 1 is 1.19 bits per heavy atom. The maximum atomic E-state index is 13.0. The van der Waals surface area contributed by atoms with Crippen molar-refractivity contribution in [1.82, 2.24) is 14.6 Å². The molecule has 2 aromatic rings. The van der Waals surface area contributed by atoms with Crippen LogP contribution in [0.5, 0.6) is 0 Å². The van der Waals surface area contributed by atoms with Crippen LogP contribution in [0.25, 0.3) is 5.65 Å². The van der Waals surface area contributed by atoms with Gasteiger partial charge >= 0.3 is 0 Å². The third-order valence-electron chi connectivity index (χ3n) is 2.54. The van der Waals surface area contributed by atoms with Gasteiger partial charge in [-0.3, -0.25) is 4.40 Å². The first-order chi connectivity index (χ1) is 7.81. The molecule has 0 aliphatic heterocycles. The molecule has 4 nitrogen and oxygen atoms in total. The molecule has 86 valence electrons. The number of aryl methyl sites for hydroxylation is 1. The summed E-state index contributed by atoms with van der Waals surface area (Å²) in [6.45, 7) is 0.717. The zero-order valence-electron chi connectivity index (χ0n) is 9.06. The van der Waals surface area contributed by atoms with Crippen LogP contribution in [0.15, 0.2) is 18.3 Å². The molecule has 0 amide bonds. The Morgan fingerprint density at radius 3 is 2.88 bits per heavy atom. The molecule has 2 heterocycles. The first-order valence-corrected chi connectivity index (χ1v) is 5.50. The molecule has 0 aliphatic rings. The predicted octanol–water partition coefficient (Wildman–Crippen LogP) is 1.54. The first kappa shape index (κ1) is 11.0. The van der Waals surface area contributed by atoms with Crippen LogP contribution >= 0.6 is 0 Å². The van der Waals surface area contributed by atoms with Crippen molar-refractivity contribution in [3.63, 3.8) is 0 Å². The molecular formula is C11H15FN4. The molecule has 0 aliphatic carbocycles. The zero-order valence-corrected chi connectivity index (χ0v) is 9.06. The lowest BCUT2D eigenvalue weighted by molar-refractivity contribution is 0.614. The van der Waals surface area contributed by atoms with E-state index in [1.165, 1.54) is 12.3 Å². The van der Waals surface area contributed by atoms with E-state index in [4.69, 9.17) is 5.73 Å². The number of aromatic nitrogens is 3. The van der Waals surface area contributed by atoms with Gasteiger partial charge < -0.3 is 5.73 Å². The van der Waals surface area contributed by atoms with Gasteiger partial charge in [-0.1, -0.05) is 6.42 Å². The summed E-state index contributed by atoms with van der Waals surface area (Å²) in [6, 6.07) is 3.02. The summed E-state index contributed by atoms with van der Waals surface area (Å²) in [6.07, 6.45) is 5.33. The lowest BCUT2D eigenvalue weighted by Crippen LogP contribution is -2.00. The summed E-state index contributed by atoms with van der Waals surface area (Å²) < 4.78 is 14.8.